The summed E-state index contributed by atoms with van der Waals surface area (Å²) in [6.45, 7) is 1.64. The summed E-state index contributed by atoms with van der Waals surface area (Å²) < 4.78 is 11.9. The van der Waals surface area contributed by atoms with Gasteiger partial charge in [-0.3, -0.25) is 0 Å². The van der Waals surface area contributed by atoms with Crippen molar-refractivity contribution in [1.29, 1.82) is 0 Å². The molecule has 0 radical (unpaired) electrons. The first kappa shape index (κ1) is 24.6. The van der Waals surface area contributed by atoms with E-state index in [1.165, 1.54) is 5.01 Å². The van der Waals surface area contributed by atoms with Crippen LogP contribution in [0.4, 0.5) is 15.3 Å². The zero-order chi connectivity index (χ0) is 24.5. The van der Waals surface area contributed by atoms with E-state index in [0.29, 0.717) is 6.54 Å². The van der Waals surface area contributed by atoms with Crippen LogP contribution in [0, 0.1) is 0 Å². The molecule has 1 unspecified atom stereocenters. The Hall–Kier alpha value is -3.52. The maximum atomic E-state index is 13.1. The second-order valence-electron chi connectivity index (χ2n) is 8.30. The average molecular weight is 538 g/mol. The molecule has 4 rings (SSSR count). The maximum Gasteiger partial charge on any atom is 0.429 e. The minimum atomic E-state index is -0.703. The molecule has 182 valence electrons. The second kappa shape index (κ2) is 12.3. The van der Waals surface area contributed by atoms with E-state index in [2.05, 4.69) is 26.3 Å². The number of hydrazine groups is 1. The van der Waals surface area contributed by atoms with E-state index in [1.807, 2.05) is 84.9 Å². The first-order valence-electron chi connectivity index (χ1n) is 11.6. The van der Waals surface area contributed by atoms with Crippen LogP contribution in [-0.2, 0) is 22.7 Å². The van der Waals surface area contributed by atoms with E-state index in [-0.39, 0.29) is 19.3 Å². The quantitative estimate of drug-likeness (QED) is 0.396. The number of carbonyl (C=O) groups is 2. The fourth-order valence-corrected chi connectivity index (χ4v) is 4.24. The monoisotopic (exact) mass is 537 g/mol. The number of ether oxygens (including phenoxy) is 2. The Morgan fingerprint density at radius 1 is 0.886 bits per heavy atom. The molecule has 1 atom stereocenters. The molecule has 35 heavy (non-hydrogen) atoms. The Labute approximate surface area is 213 Å². The first-order valence-corrected chi connectivity index (χ1v) is 12.4. The van der Waals surface area contributed by atoms with Crippen molar-refractivity contribution in [2.24, 2.45) is 0 Å². The molecular weight excluding hydrogens is 510 g/mol. The van der Waals surface area contributed by atoms with Gasteiger partial charge in [0.1, 0.15) is 13.2 Å². The van der Waals surface area contributed by atoms with Crippen LogP contribution in [0.3, 0.4) is 0 Å². The van der Waals surface area contributed by atoms with E-state index < -0.39 is 12.2 Å². The van der Waals surface area contributed by atoms with Gasteiger partial charge in [0.25, 0.3) is 0 Å². The number of hydrogen-bond acceptors (Lipinski definition) is 5. The minimum Gasteiger partial charge on any atom is -0.443 e. The number of benzene rings is 3. The number of nitrogens with one attached hydrogen (secondary N) is 1. The number of rotatable bonds is 6. The molecule has 1 aliphatic rings. The van der Waals surface area contributed by atoms with E-state index in [1.54, 1.807) is 0 Å². The molecule has 8 heteroatoms. The van der Waals surface area contributed by atoms with Gasteiger partial charge in [0.2, 0.25) is 0 Å². The zero-order valence-corrected chi connectivity index (χ0v) is 20.9. The predicted octanol–water partition coefficient (Wildman–Crippen LogP) is 5.90. The molecule has 1 heterocycles. The largest absolute Gasteiger partial charge is 0.443 e. The summed E-state index contributed by atoms with van der Waals surface area (Å²) in [6, 6.07) is 26.6. The number of nitrogens with zero attached hydrogens (tertiary/aromatic N) is 2. The summed E-state index contributed by atoms with van der Waals surface area (Å²) in [5, 5.41) is 1.28. The zero-order valence-electron chi connectivity index (χ0n) is 19.3. The van der Waals surface area contributed by atoms with E-state index in [0.717, 1.165) is 40.7 Å². The van der Waals surface area contributed by atoms with Crippen LogP contribution in [0.5, 0.6) is 0 Å². The molecule has 1 fully saturated rings. The highest BCUT2D eigenvalue weighted by Crippen LogP contribution is 2.24. The highest BCUT2D eigenvalue weighted by atomic mass is 79.9. The highest BCUT2D eigenvalue weighted by molar-refractivity contribution is 9.10. The second-order valence-corrected chi connectivity index (χ2v) is 9.22. The summed E-state index contributed by atoms with van der Waals surface area (Å²) in [6.07, 6.45) is 0.274. The van der Waals surface area contributed by atoms with Crippen LogP contribution in [0.15, 0.2) is 89.4 Å². The molecule has 0 aliphatic carbocycles. The molecule has 1 N–H and O–H groups in total. The summed E-state index contributed by atoms with van der Waals surface area (Å²) >= 11 is 3.47. The van der Waals surface area contributed by atoms with Gasteiger partial charge in [-0.1, -0.05) is 76.6 Å². The van der Waals surface area contributed by atoms with Gasteiger partial charge in [-0.05, 0) is 48.2 Å². The van der Waals surface area contributed by atoms with Gasteiger partial charge in [0, 0.05) is 23.2 Å². The standard InChI is InChI=1S/C27H28BrN3O4/c28-23-13-15-24(16-14-23)30-17-7-12-25(18-30)31(27(33)35-20-22-10-5-2-6-11-22)29-26(32)34-19-21-8-3-1-4-9-21/h1-6,8-11,13-16,25H,7,12,17-20H2,(H,29,32). The maximum absolute atomic E-state index is 13.1. The van der Waals surface area contributed by atoms with Gasteiger partial charge in [-0.15, -0.1) is 0 Å². The van der Waals surface area contributed by atoms with E-state index >= 15 is 0 Å². The van der Waals surface area contributed by atoms with Crippen molar-refractivity contribution in [3.05, 3.63) is 101 Å². The van der Waals surface area contributed by atoms with Crippen molar-refractivity contribution in [2.45, 2.75) is 32.1 Å². The minimum absolute atomic E-state index is 0.106. The lowest BCUT2D eigenvalue weighted by Gasteiger charge is -2.39. The van der Waals surface area contributed by atoms with E-state index in [9.17, 15) is 9.59 Å². The van der Waals surface area contributed by atoms with Crippen molar-refractivity contribution < 1.29 is 19.1 Å². The van der Waals surface area contributed by atoms with Crippen LogP contribution in [-0.4, -0.2) is 36.3 Å². The lowest BCUT2D eigenvalue weighted by atomic mass is 10.0. The molecule has 7 nitrogen and oxygen atoms in total. The van der Waals surface area contributed by atoms with Crippen molar-refractivity contribution in [3.8, 4) is 0 Å². The highest BCUT2D eigenvalue weighted by Gasteiger charge is 2.32. The molecule has 0 spiro atoms. The SMILES string of the molecule is O=C(NN(C(=O)OCc1ccccc1)C1CCCN(c2ccc(Br)cc2)C1)OCc1ccccc1. The summed E-state index contributed by atoms with van der Waals surface area (Å²) in [7, 11) is 0. The topological polar surface area (TPSA) is 71.1 Å². The smallest absolute Gasteiger partial charge is 0.429 e. The van der Waals surface area contributed by atoms with Crippen molar-refractivity contribution in [2.75, 3.05) is 18.0 Å². The third-order valence-corrected chi connectivity index (χ3v) is 6.31. The van der Waals surface area contributed by atoms with Gasteiger partial charge >= 0.3 is 12.2 Å². The third-order valence-electron chi connectivity index (χ3n) is 5.78. The predicted molar refractivity (Wildman–Crippen MR) is 138 cm³/mol. The van der Waals surface area contributed by atoms with Gasteiger partial charge in [-0.2, -0.15) is 0 Å². The molecule has 3 aromatic rings. The van der Waals surface area contributed by atoms with Crippen LogP contribution in [0.1, 0.15) is 24.0 Å². The van der Waals surface area contributed by atoms with Crippen LogP contribution < -0.4 is 10.3 Å². The Kier molecular flexibility index (Phi) is 8.62. The Morgan fingerprint density at radius 3 is 2.11 bits per heavy atom. The van der Waals surface area contributed by atoms with Crippen LogP contribution in [0.25, 0.3) is 0 Å². The Morgan fingerprint density at radius 2 is 1.49 bits per heavy atom. The van der Waals surface area contributed by atoms with Crippen molar-refractivity contribution in [3.63, 3.8) is 0 Å². The Balaban J connectivity index is 1.44. The van der Waals surface area contributed by atoms with Gasteiger partial charge < -0.3 is 14.4 Å². The molecule has 0 saturated carbocycles. The number of carbonyl (C=O) groups excluding carboxylic acids is 2. The summed E-state index contributed by atoms with van der Waals surface area (Å²) in [5.74, 6) is 0. The molecule has 0 bridgehead atoms. The lowest BCUT2D eigenvalue weighted by Crippen LogP contribution is -2.57. The van der Waals surface area contributed by atoms with Gasteiger partial charge in [0.05, 0.1) is 6.04 Å². The number of amides is 2. The molecule has 3 aromatic carbocycles. The number of piperidine rings is 1. The fraction of sp³-hybridized carbons (Fsp3) is 0.259. The average Bonchev–Trinajstić information content (AvgIpc) is 2.91. The fourth-order valence-electron chi connectivity index (χ4n) is 3.98. The van der Waals surface area contributed by atoms with E-state index in [4.69, 9.17) is 9.47 Å². The molecule has 2 amide bonds. The first-order chi connectivity index (χ1) is 17.1. The van der Waals surface area contributed by atoms with Gasteiger partial charge in [-0.25, -0.2) is 20.0 Å². The number of halogens is 1. The van der Waals surface area contributed by atoms with Gasteiger partial charge in [0.15, 0.2) is 0 Å². The molecule has 0 aromatic heterocycles. The Bertz CT molecular complexity index is 1100. The van der Waals surface area contributed by atoms with Crippen LogP contribution >= 0.6 is 15.9 Å². The summed E-state index contributed by atoms with van der Waals surface area (Å²) in [4.78, 5) is 28.0. The van der Waals surface area contributed by atoms with Crippen molar-refractivity contribution >= 4 is 33.8 Å². The third kappa shape index (κ3) is 7.23. The number of anilines is 1. The molecule has 1 saturated heterocycles. The summed E-state index contributed by atoms with van der Waals surface area (Å²) in [5.41, 5.74) is 5.42. The number of hydrogen-bond donors (Lipinski definition) is 1. The normalized spacial score (nSPS) is 15.2. The van der Waals surface area contributed by atoms with Crippen LogP contribution in [0.2, 0.25) is 0 Å². The van der Waals surface area contributed by atoms with Crippen molar-refractivity contribution in [1.82, 2.24) is 10.4 Å². The molecular formula is C27H28BrN3O4. The lowest BCUT2D eigenvalue weighted by molar-refractivity contribution is 0.0432. The molecule has 1 aliphatic heterocycles.